The molecule has 1 aromatic rings. The number of piperidine rings is 1. The summed E-state index contributed by atoms with van der Waals surface area (Å²) in [6.07, 6.45) is 5.18. The molecule has 0 N–H and O–H groups in total. The molecular formula is C13H18N2O. The van der Waals surface area contributed by atoms with Crippen LogP contribution in [0.25, 0.3) is 0 Å². The van der Waals surface area contributed by atoms with Crippen LogP contribution in [-0.4, -0.2) is 22.3 Å². The molecule has 16 heavy (non-hydrogen) atoms. The van der Waals surface area contributed by atoms with Gasteiger partial charge in [0.2, 0.25) is 5.91 Å². The Labute approximate surface area is 96.5 Å². The van der Waals surface area contributed by atoms with E-state index < -0.39 is 0 Å². The van der Waals surface area contributed by atoms with Crippen LogP contribution in [0.5, 0.6) is 0 Å². The number of likely N-dealkylation sites (tertiary alicyclic amines) is 1. The number of hydrogen-bond acceptors (Lipinski definition) is 2. The topological polar surface area (TPSA) is 33.2 Å². The van der Waals surface area contributed by atoms with Crippen molar-refractivity contribution in [2.24, 2.45) is 0 Å². The fourth-order valence-electron chi connectivity index (χ4n) is 2.48. The third-order valence-electron chi connectivity index (χ3n) is 3.31. The van der Waals surface area contributed by atoms with E-state index in [0.717, 1.165) is 25.1 Å². The van der Waals surface area contributed by atoms with Crippen LogP contribution >= 0.6 is 0 Å². The summed E-state index contributed by atoms with van der Waals surface area (Å²) in [4.78, 5) is 17.9. The van der Waals surface area contributed by atoms with Crippen molar-refractivity contribution in [2.75, 3.05) is 6.54 Å². The lowest BCUT2D eigenvalue weighted by Gasteiger charge is -2.35. The summed E-state index contributed by atoms with van der Waals surface area (Å²) in [5.41, 5.74) is 2.25. The normalized spacial score (nSPS) is 20.9. The first-order chi connectivity index (χ1) is 7.70. The average Bonchev–Trinajstić information content (AvgIpc) is 2.29. The molecule has 2 rings (SSSR count). The molecule has 1 saturated heterocycles. The van der Waals surface area contributed by atoms with Crippen LogP contribution in [-0.2, 0) is 4.79 Å². The molecule has 1 aromatic heterocycles. The monoisotopic (exact) mass is 218 g/mol. The van der Waals surface area contributed by atoms with Gasteiger partial charge in [0.15, 0.2) is 0 Å². The summed E-state index contributed by atoms with van der Waals surface area (Å²) in [6.45, 7) is 4.56. The first kappa shape index (κ1) is 11.1. The lowest BCUT2D eigenvalue weighted by molar-refractivity contribution is -0.132. The van der Waals surface area contributed by atoms with Gasteiger partial charge >= 0.3 is 0 Å². The number of aromatic nitrogens is 1. The number of aryl methyl sites for hydroxylation is 1. The number of amides is 1. The highest BCUT2D eigenvalue weighted by molar-refractivity contribution is 5.74. The Hall–Kier alpha value is -1.38. The maximum absolute atomic E-state index is 11.6. The van der Waals surface area contributed by atoms with Crippen molar-refractivity contribution in [2.45, 2.75) is 39.2 Å². The predicted molar refractivity (Wildman–Crippen MR) is 63.0 cm³/mol. The van der Waals surface area contributed by atoms with E-state index in [4.69, 9.17) is 0 Å². The maximum Gasteiger partial charge on any atom is 0.219 e. The summed E-state index contributed by atoms with van der Waals surface area (Å²) >= 11 is 0. The summed E-state index contributed by atoms with van der Waals surface area (Å²) in [7, 11) is 0. The molecule has 1 amide bonds. The first-order valence-electron chi connectivity index (χ1n) is 5.89. The van der Waals surface area contributed by atoms with Crippen LogP contribution in [0.1, 0.15) is 43.5 Å². The lowest BCUT2D eigenvalue weighted by Crippen LogP contribution is -2.37. The van der Waals surface area contributed by atoms with E-state index in [1.54, 1.807) is 13.1 Å². The van der Waals surface area contributed by atoms with Gasteiger partial charge in [-0.1, -0.05) is 6.07 Å². The van der Waals surface area contributed by atoms with Gasteiger partial charge in [0.25, 0.3) is 0 Å². The molecule has 0 bridgehead atoms. The smallest absolute Gasteiger partial charge is 0.219 e. The molecule has 1 fully saturated rings. The molecule has 3 nitrogen and oxygen atoms in total. The fraction of sp³-hybridized carbons (Fsp3) is 0.538. The molecule has 0 unspecified atom stereocenters. The van der Waals surface area contributed by atoms with Crippen molar-refractivity contribution in [1.82, 2.24) is 9.88 Å². The average molecular weight is 218 g/mol. The molecule has 2 heterocycles. The van der Waals surface area contributed by atoms with Crippen molar-refractivity contribution in [1.29, 1.82) is 0 Å². The van der Waals surface area contributed by atoms with Gasteiger partial charge in [-0.05, 0) is 37.8 Å². The Morgan fingerprint density at radius 2 is 2.31 bits per heavy atom. The lowest BCUT2D eigenvalue weighted by atomic mass is 9.94. The molecular weight excluding hydrogens is 200 g/mol. The number of carbonyl (C=O) groups is 1. The van der Waals surface area contributed by atoms with Crippen LogP contribution < -0.4 is 0 Å². The highest BCUT2D eigenvalue weighted by Crippen LogP contribution is 2.31. The summed E-state index contributed by atoms with van der Waals surface area (Å²) in [6, 6.07) is 4.28. The van der Waals surface area contributed by atoms with Crippen LogP contribution in [0.4, 0.5) is 0 Å². The standard InChI is InChI=1S/C13H18N2O/c1-10-12(6-5-8-14-10)13-7-3-4-9-15(13)11(2)16/h5-6,8,13H,3-4,7,9H2,1-2H3/t13-/m0/s1. The molecule has 1 aliphatic heterocycles. The molecule has 0 spiro atoms. The minimum atomic E-state index is 0.174. The fourth-order valence-corrected chi connectivity index (χ4v) is 2.48. The number of rotatable bonds is 1. The second-order valence-corrected chi connectivity index (χ2v) is 4.40. The number of pyridine rings is 1. The largest absolute Gasteiger partial charge is 0.336 e. The molecule has 0 aromatic carbocycles. The van der Waals surface area contributed by atoms with Crippen LogP contribution in [0.15, 0.2) is 18.3 Å². The molecule has 1 atom stereocenters. The third kappa shape index (κ3) is 2.08. The second kappa shape index (κ2) is 4.64. The van der Waals surface area contributed by atoms with Gasteiger partial charge in [-0.3, -0.25) is 9.78 Å². The number of nitrogens with zero attached hydrogens (tertiary/aromatic N) is 2. The first-order valence-corrected chi connectivity index (χ1v) is 5.89. The van der Waals surface area contributed by atoms with Crippen LogP contribution in [0.3, 0.4) is 0 Å². The number of hydrogen-bond donors (Lipinski definition) is 0. The molecule has 0 saturated carbocycles. The number of carbonyl (C=O) groups excluding carboxylic acids is 1. The van der Waals surface area contributed by atoms with E-state index in [2.05, 4.69) is 11.1 Å². The van der Waals surface area contributed by atoms with Gasteiger partial charge < -0.3 is 4.90 Å². The second-order valence-electron chi connectivity index (χ2n) is 4.40. The molecule has 0 radical (unpaired) electrons. The zero-order valence-electron chi connectivity index (χ0n) is 9.94. The Morgan fingerprint density at radius 1 is 1.50 bits per heavy atom. The van der Waals surface area contributed by atoms with Crippen molar-refractivity contribution >= 4 is 5.91 Å². The van der Waals surface area contributed by atoms with E-state index in [1.807, 2.05) is 17.9 Å². The Balaban J connectivity index is 2.30. The molecule has 3 heteroatoms. The SMILES string of the molecule is CC(=O)N1CCCC[C@H]1c1cccnc1C. The van der Waals surface area contributed by atoms with E-state index in [-0.39, 0.29) is 11.9 Å². The van der Waals surface area contributed by atoms with Gasteiger partial charge in [0.1, 0.15) is 0 Å². The van der Waals surface area contributed by atoms with Crippen molar-refractivity contribution in [3.8, 4) is 0 Å². The van der Waals surface area contributed by atoms with E-state index >= 15 is 0 Å². The summed E-state index contributed by atoms with van der Waals surface area (Å²) in [5, 5.41) is 0. The Kier molecular flexibility index (Phi) is 3.22. The van der Waals surface area contributed by atoms with E-state index in [9.17, 15) is 4.79 Å². The van der Waals surface area contributed by atoms with Crippen molar-refractivity contribution in [3.63, 3.8) is 0 Å². The Bertz CT molecular complexity index is 389. The third-order valence-corrected chi connectivity index (χ3v) is 3.31. The summed E-state index contributed by atoms with van der Waals surface area (Å²) in [5.74, 6) is 0.174. The Morgan fingerprint density at radius 3 is 3.00 bits per heavy atom. The van der Waals surface area contributed by atoms with Crippen LogP contribution in [0.2, 0.25) is 0 Å². The quantitative estimate of drug-likeness (QED) is 0.725. The minimum absolute atomic E-state index is 0.174. The van der Waals surface area contributed by atoms with Crippen LogP contribution in [0, 0.1) is 6.92 Å². The van der Waals surface area contributed by atoms with E-state index in [0.29, 0.717) is 0 Å². The van der Waals surface area contributed by atoms with Gasteiger partial charge in [0, 0.05) is 25.4 Å². The predicted octanol–water partition coefficient (Wildman–Crippen LogP) is 2.46. The zero-order chi connectivity index (χ0) is 11.5. The molecule has 1 aliphatic rings. The maximum atomic E-state index is 11.6. The van der Waals surface area contributed by atoms with Crippen molar-refractivity contribution in [3.05, 3.63) is 29.6 Å². The highest BCUT2D eigenvalue weighted by atomic mass is 16.2. The van der Waals surface area contributed by atoms with Gasteiger partial charge in [-0.2, -0.15) is 0 Å². The van der Waals surface area contributed by atoms with Crippen molar-refractivity contribution < 1.29 is 4.79 Å². The molecule has 86 valence electrons. The van der Waals surface area contributed by atoms with Gasteiger partial charge in [0.05, 0.1) is 6.04 Å². The van der Waals surface area contributed by atoms with E-state index in [1.165, 1.54) is 12.0 Å². The zero-order valence-corrected chi connectivity index (χ0v) is 9.94. The van der Waals surface area contributed by atoms with Gasteiger partial charge in [-0.15, -0.1) is 0 Å². The summed E-state index contributed by atoms with van der Waals surface area (Å²) < 4.78 is 0. The van der Waals surface area contributed by atoms with Gasteiger partial charge in [-0.25, -0.2) is 0 Å². The minimum Gasteiger partial charge on any atom is -0.336 e. The highest BCUT2D eigenvalue weighted by Gasteiger charge is 2.26. The molecule has 0 aliphatic carbocycles.